The van der Waals surface area contributed by atoms with Crippen molar-refractivity contribution in [1.29, 1.82) is 0 Å². The molecule has 0 aromatic heterocycles. The first kappa shape index (κ1) is 15.7. The summed E-state index contributed by atoms with van der Waals surface area (Å²) in [6.45, 7) is 11.4. The molecule has 0 bridgehead atoms. The van der Waals surface area contributed by atoms with Gasteiger partial charge in [-0.25, -0.2) is 0 Å². The number of hydrogen-bond acceptors (Lipinski definition) is 4. The number of allylic oxidation sites excluding steroid dienone is 1. The zero-order valence-electron chi connectivity index (χ0n) is 12.3. The Bertz CT molecular complexity index is 374. The summed E-state index contributed by atoms with van der Waals surface area (Å²) in [6, 6.07) is 0. The predicted molar refractivity (Wildman–Crippen MR) is 72.4 cm³/mol. The van der Waals surface area contributed by atoms with Gasteiger partial charge in [0.05, 0.1) is 13.0 Å². The van der Waals surface area contributed by atoms with Gasteiger partial charge in [-0.15, -0.1) is 0 Å². The van der Waals surface area contributed by atoms with Crippen molar-refractivity contribution in [3.8, 4) is 0 Å². The van der Waals surface area contributed by atoms with E-state index >= 15 is 0 Å². The zero-order valence-corrected chi connectivity index (χ0v) is 12.3. The number of carbonyl (C=O) groups excluding carboxylic acids is 2. The van der Waals surface area contributed by atoms with E-state index in [2.05, 4.69) is 6.58 Å². The van der Waals surface area contributed by atoms with Gasteiger partial charge in [-0.05, 0) is 39.5 Å². The summed E-state index contributed by atoms with van der Waals surface area (Å²) < 4.78 is 10.5. The Kier molecular flexibility index (Phi) is 5.15. The van der Waals surface area contributed by atoms with E-state index in [0.29, 0.717) is 6.61 Å². The third kappa shape index (κ3) is 3.82. The third-order valence-electron chi connectivity index (χ3n) is 3.92. The van der Waals surface area contributed by atoms with Crippen LogP contribution in [0, 0.1) is 11.8 Å². The summed E-state index contributed by atoms with van der Waals surface area (Å²) in [4.78, 5) is 23.0. The van der Waals surface area contributed by atoms with E-state index in [9.17, 15) is 9.59 Å². The van der Waals surface area contributed by atoms with Crippen molar-refractivity contribution in [1.82, 2.24) is 0 Å². The van der Waals surface area contributed by atoms with Crippen molar-refractivity contribution in [3.63, 3.8) is 0 Å². The largest absolute Gasteiger partial charge is 0.466 e. The second kappa shape index (κ2) is 6.22. The Morgan fingerprint density at radius 3 is 2.47 bits per heavy atom. The summed E-state index contributed by atoms with van der Waals surface area (Å²) >= 11 is 0. The second-order valence-corrected chi connectivity index (χ2v) is 5.51. The lowest BCUT2D eigenvalue weighted by molar-refractivity contribution is -0.163. The average molecular weight is 268 g/mol. The van der Waals surface area contributed by atoms with Gasteiger partial charge in [0.1, 0.15) is 5.60 Å². The van der Waals surface area contributed by atoms with Crippen LogP contribution in [0.1, 0.15) is 47.0 Å². The topological polar surface area (TPSA) is 52.6 Å². The molecule has 0 amide bonds. The van der Waals surface area contributed by atoms with Crippen LogP contribution in [0.3, 0.4) is 0 Å². The SMILES string of the molecule is C=C(C)[C@@H]1CC[C@@](C)(OC(C)=O)[C@H]1CC(=O)OCC. The quantitative estimate of drug-likeness (QED) is 0.568. The molecule has 0 aromatic carbocycles. The fourth-order valence-corrected chi connectivity index (χ4v) is 3.06. The fraction of sp³-hybridized carbons (Fsp3) is 0.733. The smallest absolute Gasteiger partial charge is 0.306 e. The molecule has 1 aliphatic carbocycles. The van der Waals surface area contributed by atoms with Crippen molar-refractivity contribution >= 4 is 11.9 Å². The molecule has 0 aliphatic heterocycles. The number of carbonyl (C=O) groups is 2. The van der Waals surface area contributed by atoms with Crippen LogP contribution in [-0.4, -0.2) is 24.1 Å². The zero-order chi connectivity index (χ0) is 14.6. The molecule has 1 fully saturated rings. The minimum atomic E-state index is -0.595. The summed E-state index contributed by atoms with van der Waals surface area (Å²) in [5.41, 5.74) is 0.438. The van der Waals surface area contributed by atoms with E-state index in [4.69, 9.17) is 9.47 Å². The molecule has 0 radical (unpaired) electrons. The van der Waals surface area contributed by atoms with Gasteiger partial charge in [0.2, 0.25) is 0 Å². The van der Waals surface area contributed by atoms with Gasteiger partial charge < -0.3 is 9.47 Å². The number of rotatable bonds is 5. The van der Waals surface area contributed by atoms with Gasteiger partial charge in [0.15, 0.2) is 0 Å². The molecule has 108 valence electrons. The van der Waals surface area contributed by atoms with Gasteiger partial charge in [-0.2, -0.15) is 0 Å². The summed E-state index contributed by atoms with van der Waals surface area (Å²) in [6.07, 6.45) is 1.92. The average Bonchev–Trinajstić information content (AvgIpc) is 2.55. The third-order valence-corrected chi connectivity index (χ3v) is 3.92. The molecule has 4 heteroatoms. The highest BCUT2D eigenvalue weighted by atomic mass is 16.6. The minimum absolute atomic E-state index is 0.0482. The Labute approximate surface area is 115 Å². The van der Waals surface area contributed by atoms with Crippen LogP contribution >= 0.6 is 0 Å². The van der Waals surface area contributed by atoms with E-state index < -0.39 is 5.60 Å². The van der Waals surface area contributed by atoms with Crippen LogP contribution in [-0.2, 0) is 19.1 Å². The van der Waals surface area contributed by atoms with Gasteiger partial charge >= 0.3 is 11.9 Å². The maximum Gasteiger partial charge on any atom is 0.306 e. The second-order valence-electron chi connectivity index (χ2n) is 5.51. The van der Waals surface area contributed by atoms with E-state index in [1.165, 1.54) is 6.92 Å². The molecule has 1 aliphatic rings. The Morgan fingerprint density at radius 2 is 2.00 bits per heavy atom. The van der Waals surface area contributed by atoms with Crippen LogP contribution in [0.25, 0.3) is 0 Å². The lowest BCUT2D eigenvalue weighted by atomic mass is 9.81. The fourth-order valence-electron chi connectivity index (χ4n) is 3.06. The highest BCUT2D eigenvalue weighted by molar-refractivity contribution is 5.70. The van der Waals surface area contributed by atoms with E-state index in [1.54, 1.807) is 6.92 Å². The first-order valence-electron chi connectivity index (χ1n) is 6.80. The molecular weight excluding hydrogens is 244 g/mol. The van der Waals surface area contributed by atoms with Crippen molar-refractivity contribution in [2.45, 2.75) is 52.6 Å². The van der Waals surface area contributed by atoms with Gasteiger partial charge in [-0.1, -0.05) is 12.2 Å². The molecule has 0 aromatic rings. The molecule has 0 heterocycles. The highest BCUT2D eigenvalue weighted by Crippen LogP contribution is 2.47. The summed E-state index contributed by atoms with van der Waals surface area (Å²) in [7, 11) is 0. The standard InChI is InChI=1S/C15H24O4/c1-6-18-14(17)9-13-12(10(2)3)7-8-15(13,5)19-11(4)16/h12-13H,2,6-9H2,1,3-5H3/t12-,13-,15+/m0/s1. The normalized spacial score (nSPS) is 29.9. The first-order chi connectivity index (χ1) is 8.80. The predicted octanol–water partition coefficient (Wildman–Crippen LogP) is 2.86. The molecule has 3 atom stereocenters. The summed E-state index contributed by atoms with van der Waals surface area (Å²) in [5, 5.41) is 0. The van der Waals surface area contributed by atoms with Crippen molar-refractivity contribution in [2.24, 2.45) is 11.8 Å². The molecule has 0 unspecified atom stereocenters. The Balaban J connectivity index is 2.89. The minimum Gasteiger partial charge on any atom is -0.466 e. The maximum atomic E-state index is 11.7. The molecule has 4 nitrogen and oxygen atoms in total. The molecular formula is C15H24O4. The van der Waals surface area contributed by atoms with Crippen LogP contribution in [0.5, 0.6) is 0 Å². The molecule has 0 spiro atoms. The molecule has 1 rings (SSSR count). The lowest BCUT2D eigenvalue weighted by Gasteiger charge is -2.33. The molecule has 0 N–H and O–H groups in total. The van der Waals surface area contributed by atoms with Gasteiger partial charge in [0, 0.05) is 12.8 Å². The highest BCUT2D eigenvalue weighted by Gasteiger charge is 2.48. The Morgan fingerprint density at radius 1 is 1.37 bits per heavy atom. The molecule has 1 saturated carbocycles. The lowest BCUT2D eigenvalue weighted by Crippen LogP contribution is -2.38. The van der Waals surface area contributed by atoms with Crippen molar-refractivity contribution in [2.75, 3.05) is 6.61 Å². The van der Waals surface area contributed by atoms with Crippen LogP contribution in [0.4, 0.5) is 0 Å². The van der Waals surface area contributed by atoms with Gasteiger partial charge in [-0.3, -0.25) is 9.59 Å². The van der Waals surface area contributed by atoms with Crippen LogP contribution in [0.15, 0.2) is 12.2 Å². The van der Waals surface area contributed by atoms with Crippen LogP contribution < -0.4 is 0 Å². The first-order valence-corrected chi connectivity index (χ1v) is 6.80. The van der Waals surface area contributed by atoms with E-state index in [0.717, 1.165) is 18.4 Å². The van der Waals surface area contributed by atoms with Crippen molar-refractivity contribution < 1.29 is 19.1 Å². The number of esters is 2. The van der Waals surface area contributed by atoms with E-state index in [1.807, 2.05) is 13.8 Å². The number of ether oxygens (including phenoxy) is 2. The molecule has 19 heavy (non-hydrogen) atoms. The maximum absolute atomic E-state index is 11.7. The molecule has 0 saturated heterocycles. The number of hydrogen-bond donors (Lipinski definition) is 0. The summed E-state index contributed by atoms with van der Waals surface area (Å²) in [5.74, 6) is -0.389. The van der Waals surface area contributed by atoms with Gasteiger partial charge in [0.25, 0.3) is 0 Å². The van der Waals surface area contributed by atoms with Crippen LogP contribution in [0.2, 0.25) is 0 Å². The van der Waals surface area contributed by atoms with E-state index in [-0.39, 0.29) is 30.2 Å². The Hall–Kier alpha value is -1.32. The van der Waals surface area contributed by atoms with Crippen molar-refractivity contribution in [3.05, 3.63) is 12.2 Å². The monoisotopic (exact) mass is 268 g/mol.